The molecule has 0 saturated carbocycles. The van der Waals surface area contributed by atoms with Crippen molar-refractivity contribution in [3.63, 3.8) is 0 Å². The fourth-order valence-electron chi connectivity index (χ4n) is 1.96. The summed E-state index contributed by atoms with van der Waals surface area (Å²) < 4.78 is 1.68. The molecule has 6 nitrogen and oxygen atoms in total. The van der Waals surface area contributed by atoms with Crippen LogP contribution in [0, 0.1) is 0 Å². The van der Waals surface area contributed by atoms with Crippen molar-refractivity contribution < 1.29 is 0 Å². The molecule has 0 bridgehead atoms. The van der Waals surface area contributed by atoms with E-state index >= 15 is 0 Å². The number of hydrogen-bond donors (Lipinski definition) is 2. The molecule has 0 fully saturated rings. The first-order valence-electron chi connectivity index (χ1n) is 6.48. The van der Waals surface area contributed by atoms with E-state index in [0.717, 1.165) is 17.1 Å². The summed E-state index contributed by atoms with van der Waals surface area (Å²) in [6, 6.07) is 9.74. The molecule has 1 aromatic carbocycles. The number of benzene rings is 1. The van der Waals surface area contributed by atoms with E-state index < -0.39 is 0 Å². The first-order chi connectivity index (χ1) is 9.66. The third-order valence-corrected chi connectivity index (χ3v) is 3.10. The number of aromatic amines is 1. The minimum atomic E-state index is 0.293. The molecule has 102 valence electrons. The van der Waals surface area contributed by atoms with Crippen molar-refractivity contribution in [3.8, 4) is 17.1 Å². The zero-order chi connectivity index (χ0) is 14.1. The first-order valence-corrected chi connectivity index (χ1v) is 6.48. The van der Waals surface area contributed by atoms with E-state index in [2.05, 4.69) is 34.1 Å². The minimum absolute atomic E-state index is 0.293. The summed E-state index contributed by atoms with van der Waals surface area (Å²) in [5.41, 5.74) is 7.81. The lowest BCUT2D eigenvalue weighted by Gasteiger charge is -2.03. The topological polar surface area (TPSA) is 85.4 Å². The summed E-state index contributed by atoms with van der Waals surface area (Å²) in [6.45, 7) is 4.11. The Morgan fingerprint density at radius 1 is 1.20 bits per heavy atom. The lowest BCUT2D eigenvalue weighted by molar-refractivity contribution is 0.781. The molecule has 0 radical (unpaired) electrons. The van der Waals surface area contributed by atoms with Crippen molar-refractivity contribution in [1.82, 2.24) is 25.0 Å². The van der Waals surface area contributed by atoms with Crippen molar-refractivity contribution in [1.29, 1.82) is 0 Å². The molecule has 0 saturated heterocycles. The second-order valence-electron chi connectivity index (χ2n) is 4.89. The molecule has 0 aliphatic rings. The molecule has 3 N–H and O–H groups in total. The summed E-state index contributed by atoms with van der Waals surface area (Å²) >= 11 is 0. The van der Waals surface area contributed by atoms with Crippen LogP contribution in [0.25, 0.3) is 17.1 Å². The summed E-state index contributed by atoms with van der Waals surface area (Å²) in [7, 11) is 0. The Hall–Kier alpha value is -2.63. The normalized spacial score (nSPS) is 11.2. The number of aromatic nitrogens is 5. The van der Waals surface area contributed by atoms with Gasteiger partial charge in [0.25, 0.3) is 0 Å². The third-order valence-electron chi connectivity index (χ3n) is 3.10. The number of nitrogens with two attached hydrogens (primary N) is 1. The fourth-order valence-corrected chi connectivity index (χ4v) is 1.96. The Labute approximate surface area is 116 Å². The number of hydrogen-bond acceptors (Lipinski definition) is 4. The second-order valence-corrected chi connectivity index (χ2v) is 4.89. The number of nitrogens with one attached hydrogen (secondary N) is 1. The molecule has 0 amide bonds. The molecule has 0 aliphatic heterocycles. The van der Waals surface area contributed by atoms with Crippen LogP contribution in [0.2, 0.25) is 0 Å². The monoisotopic (exact) mass is 268 g/mol. The summed E-state index contributed by atoms with van der Waals surface area (Å²) in [5.74, 6) is 2.24. The Morgan fingerprint density at radius 2 is 1.95 bits per heavy atom. The van der Waals surface area contributed by atoms with Gasteiger partial charge in [-0.25, -0.2) is 9.67 Å². The van der Waals surface area contributed by atoms with Crippen molar-refractivity contribution in [2.45, 2.75) is 19.8 Å². The second kappa shape index (κ2) is 4.80. The molecule has 20 heavy (non-hydrogen) atoms. The summed E-state index contributed by atoms with van der Waals surface area (Å²) in [4.78, 5) is 4.45. The molecule has 3 aromatic rings. The molecule has 0 spiro atoms. The molecule has 0 aliphatic carbocycles. The van der Waals surface area contributed by atoms with Crippen molar-refractivity contribution in [2.75, 3.05) is 5.73 Å². The van der Waals surface area contributed by atoms with Crippen LogP contribution in [-0.2, 0) is 0 Å². The Morgan fingerprint density at radius 3 is 2.60 bits per heavy atom. The Kier molecular flexibility index (Phi) is 2.98. The minimum Gasteiger partial charge on any atom is -0.383 e. The van der Waals surface area contributed by atoms with Crippen LogP contribution < -0.4 is 5.73 Å². The number of nitrogen functional groups attached to an aromatic ring is 1. The van der Waals surface area contributed by atoms with Crippen LogP contribution >= 0.6 is 0 Å². The SMILES string of the molecule is CC(C)c1nc(-c2cnn(-c3ccccc3)c2N)n[nH]1. The highest BCUT2D eigenvalue weighted by atomic mass is 15.3. The van der Waals surface area contributed by atoms with Gasteiger partial charge in [0.1, 0.15) is 11.6 Å². The maximum Gasteiger partial charge on any atom is 0.186 e. The highest BCUT2D eigenvalue weighted by molar-refractivity contribution is 5.69. The number of H-pyrrole nitrogens is 1. The summed E-state index contributed by atoms with van der Waals surface area (Å²) in [5, 5.41) is 11.4. The first kappa shape index (κ1) is 12.4. The highest BCUT2D eigenvalue weighted by Gasteiger charge is 2.15. The highest BCUT2D eigenvalue weighted by Crippen LogP contribution is 2.25. The van der Waals surface area contributed by atoms with Gasteiger partial charge in [-0.2, -0.15) is 10.2 Å². The molecule has 0 atom stereocenters. The smallest absolute Gasteiger partial charge is 0.186 e. The van der Waals surface area contributed by atoms with E-state index in [9.17, 15) is 0 Å². The van der Waals surface area contributed by atoms with E-state index in [1.165, 1.54) is 0 Å². The van der Waals surface area contributed by atoms with Crippen LogP contribution in [0.1, 0.15) is 25.6 Å². The van der Waals surface area contributed by atoms with E-state index in [0.29, 0.717) is 17.6 Å². The van der Waals surface area contributed by atoms with Crippen LogP contribution in [0.5, 0.6) is 0 Å². The van der Waals surface area contributed by atoms with Gasteiger partial charge < -0.3 is 5.73 Å². The van der Waals surface area contributed by atoms with E-state index in [4.69, 9.17) is 5.73 Å². The number of para-hydroxylation sites is 1. The van der Waals surface area contributed by atoms with Gasteiger partial charge in [0.05, 0.1) is 17.4 Å². The quantitative estimate of drug-likeness (QED) is 0.763. The van der Waals surface area contributed by atoms with Crippen LogP contribution in [0.15, 0.2) is 36.5 Å². The predicted octanol–water partition coefficient (Wildman–Crippen LogP) is 2.36. The average molecular weight is 268 g/mol. The van der Waals surface area contributed by atoms with Crippen LogP contribution in [0.3, 0.4) is 0 Å². The zero-order valence-electron chi connectivity index (χ0n) is 11.4. The molecule has 2 aromatic heterocycles. The molecular weight excluding hydrogens is 252 g/mol. The predicted molar refractivity (Wildman–Crippen MR) is 77.4 cm³/mol. The Bertz CT molecular complexity index is 710. The maximum atomic E-state index is 6.16. The number of nitrogens with zero attached hydrogens (tertiary/aromatic N) is 4. The maximum absolute atomic E-state index is 6.16. The zero-order valence-corrected chi connectivity index (χ0v) is 11.4. The molecule has 2 heterocycles. The van der Waals surface area contributed by atoms with E-state index in [1.807, 2.05) is 30.3 Å². The van der Waals surface area contributed by atoms with Gasteiger partial charge in [-0.1, -0.05) is 32.0 Å². The summed E-state index contributed by atoms with van der Waals surface area (Å²) in [6.07, 6.45) is 1.69. The van der Waals surface area contributed by atoms with Gasteiger partial charge in [-0.15, -0.1) is 0 Å². The largest absolute Gasteiger partial charge is 0.383 e. The van der Waals surface area contributed by atoms with Crippen molar-refractivity contribution in [2.24, 2.45) is 0 Å². The molecule has 6 heteroatoms. The third kappa shape index (κ3) is 2.05. The van der Waals surface area contributed by atoms with Crippen LogP contribution in [-0.4, -0.2) is 25.0 Å². The van der Waals surface area contributed by atoms with Crippen molar-refractivity contribution in [3.05, 3.63) is 42.4 Å². The van der Waals surface area contributed by atoms with Crippen LogP contribution in [0.4, 0.5) is 5.82 Å². The average Bonchev–Trinajstić information content (AvgIpc) is 3.06. The number of rotatable bonds is 3. The standard InChI is InChI=1S/C14H16N6/c1-9(2)13-17-14(19-18-13)11-8-16-20(12(11)15)10-6-4-3-5-7-10/h3-9H,15H2,1-2H3,(H,17,18,19). The fraction of sp³-hybridized carbons (Fsp3) is 0.214. The lowest BCUT2D eigenvalue weighted by atomic mass is 10.2. The van der Waals surface area contributed by atoms with Gasteiger partial charge in [0.2, 0.25) is 0 Å². The molecular formula is C14H16N6. The van der Waals surface area contributed by atoms with Crippen molar-refractivity contribution >= 4 is 5.82 Å². The molecule has 3 rings (SSSR count). The van der Waals surface area contributed by atoms with Gasteiger partial charge in [-0.3, -0.25) is 5.10 Å². The van der Waals surface area contributed by atoms with E-state index in [1.54, 1.807) is 10.9 Å². The lowest BCUT2D eigenvalue weighted by Crippen LogP contribution is -2.02. The van der Waals surface area contributed by atoms with E-state index in [-0.39, 0.29) is 0 Å². The van der Waals surface area contributed by atoms with Gasteiger partial charge in [-0.05, 0) is 12.1 Å². The Balaban J connectivity index is 2.02. The van der Waals surface area contributed by atoms with Gasteiger partial charge in [0.15, 0.2) is 5.82 Å². The van der Waals surface area contributed by atoms with Gasteiger partial charge >= 0.3 is 0 Å². The number of anilines is 1. The van der Waals surface area contributed by atoms with Gasteiger partial charge in [0, 0.05) is 5.92 Å². The molecule has 0 unspecified atom stereocenters.